The van der Waals surface area contributed by atoms with Gasteiger partial charge in [0.2, 0.25) is 0 Å². The van der Waals surface area contributed by atoms with E-state index in [1.807, 2.05) is 0 Å². The summed E-state index contributed by atoms with van der Waals surface area (Å²) >= 11 is 0. The van der Waals surface area contributed by atoms with E-state index in [9.17, 15) is 4.79 Å². The molecule has 0 saturated carbocycles. The van der Waals surface area contributed by atoms with Gasteiger partial charge in [-0.05, 0) is 31.3 Å². The molecule has 1 rings (SSSR count). The van der Waals surface area contributed by atoms with Gasteiger partial charge in [-0.1, -0.05) is 13.8 Å². The van der Waals surface area contributed by atoms with Gasteiger partial charge in [-0.15, -0.1) is 0 Å². The number of benzene rings is 1. The number of hydrogen-bond acceptors (Lipinski definition) is 4. The van der Waals surface area contributed by atoms with E-state index in [1.165, 1.54) is 6.07 Å². The highest BCUT2D eigenvalue weighted by atomic mass is 16.5. The Bertz CT molecular complexity index is 403. The van der Waals surface area contributed by atoms with Gasteiger partial charge in [0.1, 0.15) is 17.9 Å². The van der Waals surface area contributed by atoms with Crippen molar-refractivity contribution in [3.63, 3.8) is 0 Å². The second-order valence-corrected chi connectivity index (χ2v) is 3.94. The van der Waals surface area contributed by atoms with Crippen molar-refractivity contribution in [3.05, 3.63) is 23.8 Å². The van der Waals surface area contributed by atoms with Crippen LogP contribution in [0.2, 0.25) is 0 Å². The highest BCUT2D eigenvalue weighted by Crippen LogP contribution is 2.21. The number of hydrogen-bond donors (Lipinski definition) is 2. The number of carbonyl (C=O) groups is 1. The van der Waals surface area contributed by atoms with Crippen LogP contribution in [0.1, 0.15) is 24.2 Å². The number of nitrogens with two attached hydrogens (primary N) is 1. The largest absolute Gasteiger partial charge is 0.491 e. The SMILES string of the molecule is CCN(CC)CCOc1ccc(N)cc1C(=O)O. The van der Waals surface area contributed by atoms with E-state index < -0.39 is 5.97 Å². The number of carboxylic acids is 1. The lowest BCUT2D eigenvalue weighted by Crippen LogP contribution is -2.28. The van der Waals surface area contributed by atoms with Crippen molar-refractivity contribution >= 4 is 11.7 Å². The fourth-order valence-corrected chi connectivity index (χ4v) is 1.67. The van der Waals surface area contributed by atoms with Crippen molar-refractivity contribution in [2.75, 3.05) is 32.0 Å². The molecule has 0 radical (unpaired) electrons. The smallest absolute Gasteiger partial charge is 0.339 e. The second kappa shape index (κ2) is 6.86. The van der Waals surface area contributed by atoms with Gasteiger partial charge in [0, 0.05) is 12.2 Å². The number of aromatic carboxylic acids is 1. The van der Waals surface area contributed by atoms with Gasteiger partial charge in [-0.3, -0.25) is 0 Å². The summed E-state index contributed by atoms with van der Waals surface area (Å²) in [6, 6.07) is 4.65. The average molecular weight is 252 g/mol. The molecule has 18 heavy (non-hydrogen) atoms. The first-order chi connectivity index (χ1) is 8.58. The molecule has 0 aromatic heterocycles. The molecule has 0 spiro atoms. The molecule has 0 atom stereocenters. The third-order valence-corrected chi connectivity index (χ3v) is 2.79. The van der Waals surface area contributed by atoms with Crippen LogP contribution in [0.25, 0.3) is 0 Å². The van der Waals surface area contributed by atoms with E-state index >= 15 is 0 Å². The summed E-state index contributed by atoms with van der Waals surface area (Å²) in [5, 5.41) is 9.04. The maximum Gasteiger partial charge on any atom is 0.339 e. The fraction of sp³-hybridized carbons (Fsp3) is 0.462. The fourth-order valence-electron chi connectivity index (χ4n) is 1.67. The molecule has 5 heteroatoms. The summed E-state index contributed by atoms with van der Waals surface area (Å²) in [7, 11) is 0. The molecule has 0 bridgehead atoms. The molecule has 0 unspecified atom stereocenters. The summed E-state index contributed by atoms with van der Waals surface area (Å²) in [4.78, 5) is 13.2. The van der Waals surface area contributed by atoms with Crippen LogP contribution in [0.4, 0.5) is 5.69 Å². The van der Waals surface area contributed by atoms with Gasteiger partial charge >= 0.3 is 5.97 Å². The first-order valence-electron chi connectivity index (χ1n) is 6.06. The van der Waals surface area contributed by atoms with E-state index in [2.05, 4.69) is 18.7 Å². The standard InChI is InChI=1S/C13H20N2O3/c1-3-15(4-2)7-8-18-12-6-5-10(14)9-11(12)13(16)17/h5-6,9H,3-4,7-8,14H2,1-2H3,(H,16,17). The van der Waals surface area contributed by atoms with Crippen molar-refractivity contribution in [1.29, 1.82) is 0 Å². The Morgan fingerprint density at radius 1 is 1.39 bits per heavy atom. The molecule has 0 heterocycles. The molecule has 100 valence electrons. The number of nitrogen functional groups attached to an aromatic ring is 1. The van der Waals surface area contributed by atoms with Crippen LogP contribution in [0.15, 0.2) is 18.2 Å². The normalized spacial score (nSPS) is 10.6. The van der Waals surface area contributed by atoms with Gasteiger partial charge in [-0.25, -0.2) is 4.79 Å². The maximum absolute atomic E-state index is 11.0. The van der Waals surface area contributed by atoms with E-state index in [4.69, 9.17) is 15.6 Å². The Kier molecular flexibility index (Phi) is 5.45. The Hall–Kier alpha value is -1.75. The Morgan fingerprint density at radius 2 is 2.06 bits per heavy atom. The summed E-state index contributed by atoms with van der Waals surface area (Å²) in [5.74, 6) is -0.663. The number of nitrogens with zero attached hydrogens (tertiary/aromatic N) is 1. The van der Waals surface area contributed by atoms with E-state index in [1.54, 1.807) is 12.1 Å². The Labute approximate surface area is 107 Å². The molecule has 0 saturated heterocycles. The van der Waals surface area contributed by atoms with Gasteiger partial charge in [0.05, 0.1) is 0 Å². The predicted octanol–water partition coefficient (Wildman–Crippen LogP) is 1.69. The minimum atomic E-state index is -1.03. The van der Waals surface area contributed by atoms with Crippen molar-refractivity contribution in [1.82, 2.24) is 4.90 Å². The van der Waals surface area contributed by atoms with Crippen molar-refractivity contribution in [2.45, 2.75) is 13.8 Å². The Balaban J connectivity index is 2.64. The summed E-state index contributed by atoms with van der Waals surface area (Å²) in [6.45, 7) is 7.30. The second-order valence-electron chi connectivity index (χ2n) is 3.94. The predicted molar refractivity (Wildman–Crippen MR) is 71.1 cm³/mol. The lowest BCUT2D eigenvalue weighted by molar-refractivity contribution is 0.0691. The zero-order chi connectivity index (χ0) is 13.5. The van der Waals surface area contributed by atoms with Crippen molar-refractivity contribution in [3.8, 4) is 5.75 Å². The first kappa shape index (κ1) is 14.3. The monoisotopic (exact) mass is 252 g/mol. The van der Waals surface area contributed by atoms with E-state index in [-0.39, 0.29) is 5.56 Å². The third kappa shape index (κ3) is 3.92. The van der Waals surface area contributed by atoms with Crippen LogP contribution in [0.5, 0.6) is 5.75 Å². The topological polar surface area (TPSA) is 75.8 Å². The zero-order valence-corrected chi connectivity index (χ0v) is 10.8. The highest BCUT2D eigenvalue weighted by Gasteiger charge is 2.11. The average Bonchev–Trinajstić information content (AvgIpc) is 2.36. The van der Waals surface area contributed by atoms with Crippen LogP contribution < -0.4 is 10.5 Å². The first-order valence-corrected chi connectivity index (χ1v) is 6.06. The van der Waals surface area contributed by atoms with Crippen LogP contribution >= 0.6 is 0 Å². The minimum absolute atomic E-state index is 0.106. The van der Waals surface area contributed by atoms with Gasteiger partial charge in [0.15, 0.2) is 0 Å². The molecule has 1 aromatic carbocycles. The van der Waals surface area contributed by atoms with Gasteiger partial charge in [0.25, 0.3) is 0 Å². The van der Waals surface area contributed by atoms with Crippen LogP contribution in [0, 0.1) is 0 Å². The Morgan fingerprint density at radius 3 is 2.61 bits per heavy atom. The van der Waals surface area contributed by atoms with Crippen LogP contribution in [0.3, 0.4) is 0 Å². The molecule has 0 fully saturated rings. The van der Waals surface area contributed by atoms with Crippen molar-refractivity contribution < 1.29 is 14.6 Å². The third-order valence-electron chi connectivity index (χ3n) is 2.79. The molecule has 1 aromatic rings. The molecule has 0 aliphatic heterocycles. The number of likely N-dealkylation sites (N-methyl/N-ethyl adjacent to an activating group) is 1. The molecular weight excluding hydrogens is 232 g/mol. The molecule has 3 N–H and O–H groups in total. The van der Waals surface area contributed by atoms with E-state index in [0.717, 1.165) is 19.6 Å². The zero-order valence-electron chi connectivity index (χ0n) is 10.8. The summed E-state index contributed by atoms with van der Waals surface area (Å²) in [6.07, 6.45) is 0. The molecule has 0 aliphatic rings. The molecule has 5 nitrogen and oxygen atoms in total. The number of ether oxygens (including phenoxy) is 1. The van der Waals surface area contributed by atoms with Gasteiger partial charge < -0.3 is 20.5 Å². The van der Waals surface area contributed by atoms with Crippen LogP contribution in [-0.4, -0.2) is 42.2 Å². The summed E-state index contributed by atoms with van der Waals surface area (Å²) < 4.78 is 5.51. The molecule has 0 aliphatic carbocycles. The summed E-state index contributed by atoms with van der Waals surface area (Å²) in [5.41, 5.74) is 6.08. The highest BCUT2D eigenvalue weighted by molar-refractivity contribution is 5.92. The lowest BCUT2D eigenvalue weighted by atomic mass is 10.2. The molecule has 0 amide bonds. The molecular formula is C13H20N2O3. The quantitative estimate of drug-likeness (QED) is 0.722. The van der Waals surface area contributed by atoms with Crippen LogP contribution in [-0.2, 0) is 0 Å². The number of anilines is 1. The maximum atomic E-state index is 11.0. The number of rotatable bonds is 7. The lowest BCUT2D eigenvalue weighted by Gasteiger charge is -2.18. The van der Waals surface area contributed by atoms with Gasteiger partial charge in [-0.2, -0.15) is 0 Å². The van der Waals surface area contributed by atoms with Crippen molar-refractivity contribution in [2.24, 2.45) is 0 Å². The minimum Gasteiger partial charge on any atom is -0.491 e. The number of carboxylic acid groups (broad SMARTS) is 1. The van der Waals surface area contributed by atoms with E-state index in [0.29, 0.717) is 18.0 Å².